The summed E-state index contributed by atoms with van der Waals surface area (Å²) in [5.41, 5.74) is 6.67. The molecule has 12 heteroatoms. The molecule has 2 aromatic carbocycles. The van der Waals surface area contributed by atoms with Gasteiger partial charge in [0.25, 0.3) is 5.91 Å². The van der Waals surface area contributed by atoms with E-state index in [1.165, 1.54) is 18.3 Å². The maximum Gasteiger partial charge on any atom is 0.319 e. The molecule has 0 aliphatic carbocycles. The van der Waals surface area contributed by atoms with E-state index in [9.17, 15) is 18.0 Å². The van der Waals surface area contributed by atoms with Gasteiger partial charge in [-0.15, -0.1) is 0 Å². The SMILES string of the molecule is CS(=O)(=O)c1ccc(Nc2nc(N3CCCC(NC(=O)Nc4ccccc4)C3)cnc2C(N)=O)cc1. The maximum atomic E-state index is 12.4. The van der Waals surface area contributed by atoms with Crippen LogP contribution in [0.15, 0.2) is 65.7 Å². The Labute approximate surface area is 209 Å². The van der Waals surface area contributed by atoms with E-state index in [4.69, 9.17) is 5.73 Å². The van der Waals surface area contributed by atoms with E-state index in [-0.39, 0.29) is 28.5 Å². The number of nitrogens with zero attached hydrogens (tertiary/aromatic N) is 3. The van der Waals surface area contributed by atoms with E-state index in [0.717, 1.165) is 19.1 Å². The largest absolute Gasteiger partial charge is 0.364 e. The molecule has 1 unspecified atom stereocenters. The van der Waals surface area contributed by atoms with Crippen molar-refractivity contribution in [2.75, 3.05) is 34.9 Å². The average molecular weight is 510 g/mol. The molecule has 4 rings (SSSR count). The van der Waals surface area contributed by atoms with Crippen LogP contribution in [0.5, 0.6) is 0 Å². The fourth-order valence-electron chi connectivity index (χ4n) is 3.90. The van der Waals surface area contributed by atoms with Crippen molar-refractivity contribution in [3.05, 3.63) is 66.5 Å². The van der Waals surface area contributed by atoms with Crippen molar-refractivity contribution < 1.29 is 18.0 Å². The lowest BCUT2D eigenvalue weighted by Crippen LogP contribution is -2.49. The van der Waals surface area contributed by atoms with Gasteiger partial charge in [-0.25, -0.2) is 23.2 Å². The number of piperidine rings is 1. The van der Waals surface area contributed by atoms with Crippen LogP contribution >= 0.6 is 0 Å². The molecule has 2 heterocycles. The third-order valence-electron chi connectivity index (χ3n) is 5.65. The zero-order valence-corrected chi connectivity index (χ0v) is 20.5. The molecule has 0 spiro atoms. The van der Waals surface area contributed by atoms with E-state index < -0.39 is 15.7 Å². The number of nitrogens with two attached hydrogens (primary N) is 1. The van der Waals surface area contributed by atoms with Gasteiger partial charge >= 0.3 is 6.03 Å². The molecule has 3 aromatic rings. The average Bonchev–Trinajstić information content (AvgIpc) is 2.84. The van der Waals surface area contributed by atoms with Crippen LogP contribution < -0.4 is 26.6 Å². The lowest BCUT2D eigenvalue weighted by Gasteiger charge is -2.34. The minimum Gasteiger partial charge on any atom is -0.364 e. The molecular weight excluding hydrogens is 482 g/mol. The van der Waals surface area contributed by atoms with E-state index in [0.29, 0.717) is 30.3 Å². The van der Waals surface area contributed by atoms with E-state index in [1.54, 1.807) is 12.1 Å². The molecule has 0 saturated carbocycles. The van der Waals surface area contributed by atoms with Gasteiger partial charge in [0.1, 0.15) is 5.82 Å². The third kappa shape index (κ3) is 6.27. The van der Waals surface area contributed by atoms with Gasteiger partial charge in [0, 0.05) is 36.8 Å². The first-order valence-corrected chi connectivity index (χ1v) is 13.2. The number of nitrogens with one attached hydrogen (secondary N) is 3. The quantitative estimate of drug-likeness (QED) is 0.378. The Morgan fingerprint density at radius 2 is 1.78 bits per heavy atom. The summed E-state index contributed by atoms with van der Waals surface area (Å²) in [7, 11) is -3.34. The highest BCUT2D eigenvalue weighted by Gasteiger charge is 2.24. The van der Waals surface area contributed by atoms with Crippen molar-refractivity contribution in [1.82, 2.24) is 15.3 Å². The Morgan fingerprint density at radius 3 is 2.44 bits per heavy atom. The number of carbonyl (C=O) groups is 2. The van der Waals surface area contributed by atoms with Crippen molar-refractivity contribution in [3.63, 3.8) is 0 Å². The molecule has 1 atom stereocenters. The van der Waals surface area contributed by atoms with Gasteiger partial charge in [0.2, 0.25) is 0 Å². The lowest BCUT2D eigenvalue weighted by atomic mass is 10.1. The third-order valence-corrected chi connectivity index (χ3v) is 6.78. The van der Waals surface area contributed by atoms with Gasteiger partial charge in [-0.2, -0.15) is 0 Å². The molecule has 188 valence electrons. The summed E-state index contributed by atoms with van der Waals surface area (Å²) >= 11 is 0. The van der Waals surface area contributed by atoms with Crippen LogP contribution in [0.3, 0.4) is 0 Å². The fourth-order valence-corrected chi connectivity index (χ4v) is 4.53. The Balaban J connectivity index is 1.48. The minimum atomic E-state index is -3.34. The number of urea groups is 1. The topological polar surface area (TPSA) is 159 Å². The number of rotatable bonds is 7. The van der Waals surface area contributed by atoms with Crippen LogP contribution in [0, 0.1) is 0 Å². The van der Waals surface area contributed by atoms with Crippen LogP contribution in [-0.4, -0.2) is 55.7 Å². The summed E-state index contributed by atoms with van der Waals surface area (Å²) < 4.78 is 23.4. The van der Waals surface area contributed by atoms with Crippen molar-refractivity contribution >= 4 is 44.8 Å². The number of sulfone groups is 1. The molecule has 1 aliphatic rings. The molecule has 1 aliphatic heterocycles. The Morgan fingerprint density at radius 1 is 1.06 bits per heavy atom. The number of hydrogen-bond acceptors (Lipinski definition) is 8. The Kier molecular flexibility index (Phi) is 7.34. The van der Waals surface area contributed by atoms with E-state index in [2.05, 4.69) is 25.9 Å². The molecule has 1 saturated heterocycles. The van der Waals surface area contributed by atoms with E-state index >= 15 is 0 Å². The van der Waals surface area contributed by atoms with Gasteiger partial charge in [-0.05, 0) is 49.2 Å². The first-order valence-electron chi connectivity index (χ1n) is 11.3. The number of amides is 3. The van der Waals surface area contributed by atoms with Crippen molar-refractivity contribution in [2.45, 2.75) is 23.8 Å². The molecule has 36 heavy (non-hydrogen) atoms. The standard InChI is InChI=1S/C24H27N7O4S/c1-36(34,35)19-11-9-17(10-12-19)27-23-21(22(25)32)26-14-20(30-23)31-13-5-8-18(15-31)29-24(33)28-16-6-3-2-4-7-16/h2-4,6-7,9-12,14,18H,5,8,13,15H2,1H3,(H2,25,32)(H,27,30)(H2,28,29,33). The van der Waals surface area contributed by atoms with Gasteiger partial charge < -0.3 is 26.6 Å². The normalized spacial score (nSPS) is 15.7. The number of hydrogen-bond donors (Lipinski definition) is 4. The van der Waals surface area contributed by atoms with Crippen molar-refractivity contribution in [2.24, 2.45) is 5.73 Å². The van der Waals surface area contributed by atoms with E-state index in [1.807, 2.05) is 35.2 Å². The fraction of sp³-hybridized carbons (Fsp3) is 0.250. The number of anilines is 4. The predicted molar refractivity (Wildman–Crippen MR) is 137 cm³/mol. The predicted octanol–water partition coefficient (Wildman–Crippen LogP) is 2.51. The highest BCUT2D eigenvalue weighted by Crippen LogP contribution is 2.24. The second kappa shape index (κ2) is 10.6. The second-order valence-corrected chi connectivity index (χ2v) is 10.5. The van der Waals surface area contributed by atoms with Gasteiger partial charge in [-0.1, -0.05) is 18.2 Å². The maximum absolute atomic E-state index is 12.4. The van der Waals surface area contributed by atoms with Gasteiger partial charge in [-0.3, -0.25) is 4.79 Å². The Bertz CT molecular complexity index is 1350. The van der Waals surface area contributed by atoms with Crippen LogP contribution in [-0.2, 0) is 9.84 Å². The Hall–Kier alpha value is -4.19. The van der Waals surface area contributed by atoms with Crippen LogP contribution in [0.2, 0.25) is 0 Å². The summed E-state index contributed by atoms with van der Waals surface area (Å²) in [4.78, 5) is 35.3. The molecular formula is C24H27N7O4S. The molecule has 1 aromatic heterocycles. The van der Waals surface area contributed by atoms with Crippen molar-refractivity contribution in [3.8, 4) is 0 Å². The molecule has 11 nitrogen and oxygen atoms in total. The second-order valence-electron chi connectivity index (χ2n) is 8.46. The summed E-state index contributed by atoms with van der Waals surface area (Å²) in [6.07, 6.45) is 4.24. The van der Waals surface area contributed by atoms with Gasteiger partial charge in [0.15, 0.2) is 21.3 Å². The van der Waals surface area contributed by atoms with Crippen LogP contribution in [0.25, 0.3) is 0 Å². The number of para-hydroxylation sites is 1. The molecule has 0 bridgehead atoms. The molecule has 1 fully saturated rings. The summed E-state index contributed by atoms with van der Waals surface area (Å²) in [6, 6.07) is 14.8. The summed E-state index contributed by atoms with van der Waals surface area (Å²) in [6.45, 7) is 1.21. The monoisotopic (exact) mass is 509 g/mol. The number of primary amides is 1. The highest BCUT2D eigenvalue weighted by atomic mass is 32.2. The molecule has 3 amide bonds. The first kappa shape index (κ1) is 24.9. The smallest absolute Gasteiger partial charge is 0.319 e. The zero-order chi connectivity index (χ0) is 25.7. The zero-order valence-electron chi connectivity index (χ0n) is 19.6. The number of aromatic nitrogens is 2. The molecule has 0 radical (unpaired) electrons. The number of benzene rings is 2. The summed E-state index contributed by atoms with van der Waals surface area (Å²) in [5, 5.41) is 8.81. The number of carbonyl (C=O) groups excluding carboxylic acids is 2. The summed E-state index contributed by atoms with van der Waals surface area (Å²) in [5.74, 6) is -0.0747. The first-order chi connectivity index (χ1) is 17.2. The lowest BCUT2D eigenvalue weighted by molar-refractivity contribution is 0.0996. The highest BCUT2D eigenvalue weighted by molar-refractivity contribution is 7.90. The minimum absolute atomic E-state index is 0.0418. The van der Waals surface area contributed by atoms with Gasteiger partial charge in [0.05, 0.1) is 11.1 Å². The van der Waals surface area contributed by atoms with Crippen LogP contribution in [0.1, 0.15) is 23.3 Å². The van der Waals surface area contributed by atoms with Crippen LogP contribution in [0.4, 0.5) is 27.8 Å². The molecule has 5 N–H and O–H groups in total. The van der Waals surface area contributed by atoms with Crippen molar-refractivity contribution in [1.29, 1.82) is 0 Å².